The van der Waals surface area contributed by atoms with Crippen molar-refractivity contribution in [3.8, 4) is 11.5 Å². The fourth-order valence-corrected chi connectivity index (χ4v) is 5.25. The first kappa shape index (κ1) is 22.8. The molecule has 0 amide bonds. The number of carbonyl (C=O) groups is 1. The first-order valence-corrected chi connectivity index (χ1v) is 12.6. The van der Waals surface area contributed by atoms with Crippen LogP contribution in [0.15, 0.2) is 48.5 Å². The topological polar surface area (TPSA) is 79.8 Å². The Labute approximate surface area is 211 Å². The maximum atomic E-state index is 13.1. The number of nitrogens with one attached hydrogen (secondary N) is 1. The number of para-hydroxylation sites is 1. The second kappa shape index (κ2) is 9.09. The highest BCUT2D eigenvalue weighted by atomic mass is 16.7. The Morgan fingerprint density at radius 3 is 2.53 bits per heavy atom. The molecule has 0 saturated carbocycles. The van der Waals surface area contributed by atoms with Crippen molar-refractivity contribution in [3.63, 3.8) is 0 Å². The van der Waals surface area contributed by atoms with Crippen molar-refractivity contribution < 1.29 is 14.3 Å². The van der Waals surface area contributed by atoms with Crippen LogP contribution in [0.25, 0.3) is 0 Å². The zero-order chi connectivity index (χ0) is 24.7. The van der Waals surface area contributed by atoms with E-state index in [2.05, 4.69) is 41.1 Å². The van der Waals surface area contributed by atoms with Gasteiger partial charge in [0.2, 0.25) is 12.7 Å². The molecule has 1 aromatic heterocycles. The Balaban J connectivity index is 1.21. The summed E-state index contributed by atoms with van der Waals surface area (Å²) in [5.74, 6) is 3.06. The number of hydrogen-bond acceptors (Lipinski definition) is 8. The smallest absolute Gasteiger partial charge is 0.231 e. The molecule has 0 radical (unpaired) electrons. The molecular formula is C28H31N5O3. The minimum Gasteiger partial charge on any atom is -0.454 e. The number of rotatable bonds is 5. The van der Waals surface area contributed by atoms with Crippen LogP contribution in [0.3, 0.4) is 0 Å². The number of benzene rings is 2. The highest BCUT2D eigenvalue weighted by Gasteiger charge is 2.35. The molecule has 0 unspecified atom stereocenters. The summed E-state index contributed by atoms with van der Waals surface area (Å²) in [6.07, 6.45) is 1.27. The van der Waals surface area contributed by atoms with Crippen molar-refractivity contribution in [2.24, 2.45) is 5.41 Å². The SMILES string of the molecule is CC1(C)CC(=O)c2c(nc(N3CCN(Cc4ccc5c(c4)OCO5)CC3)nc2Nc2ccccc2)C1. The number of ketones is 1. The van der Waals surface area contributed by atoms with Crippen LogP contribution in [0.5, 0.6) is 11.5 Å². The third kappa shape index (κ3) is 4.60. The summed E-state index contributed by atoms with van der Waals surface area (Å²) < 4.78 is 11.0. The minimum atomic E-state index is -0.108. The van der Waals surface area contributed by atoms with Crippen LogP contribution >= 0.6 is 0 Å². The molecule has 3 heterocycles. The summed E-state index contributed by atoms with van der Waals surface area (Å²) in [6.45, 7) is 8.88. The van der Waals surface area contributed by atoms with Crippen LogP contribution < -0.4 is 19.7 Å². The summed E-state index contributed by atoms with van der Waals surface area (Å²) in [6, 6.07) is 16.1. The summed E-state index contributed by atoms with van der Waals surface area (Å²) in [5, 5.41) is 3.40. The quantitative estimate of drug-likeness (QED) is 0.569. The molecular weight excluding hydrogens is 454 g/mol. The maximum absolute atomic E-state index is 13.1. The van der Waals surface area contributed by atoms with E-state index in [4.69, 9.17) is 19.4 Å². The number of anilines is 3. The van der Waals surface area contributed by atoms with E-state index in [1.54, 1.807) is 0 Å². The molecule has 0 atom stereocenters. The Morgan fingerprint density at radius 2 is 1.72 bits per heavy atom. The van der Waals surface area contributed by atoms with Crippen LogP contribution in [0, 0.1) is 5.41 Å². The predicted molar refractivity (Wildman–Crippen MR) is 138 cm³/mol. The lowest BCUT2D eigenvalue weighted by atomic mass is 9.75. The number of carbonyl (C=O) groups excluding carboxylic acids is 1. The van der Waals surface area contributed by atoms with Gasteiger partial charge in [-0.05, 0) is 41.7 Å². The van der Waals surface area contributed by atoms with Crippen molar-refractivity contribution in [1.29, 1.82) is 0 Å². The van der Waals surface area contributed by atoms with E-state index in [9.17, 15) is 4.79 Å². The molecule has 1 saturated heterocycles. The molecule has 8 nitrogen and oxygen atoms in total. The number of fused-ring (bicyclic) bond motifs is 2. The molecule has 0 spiro atoms. The van der Waals surface area contributed by atoms with E-state index < -0.39 is 0 Å². The van der Waals surface area contributed by atoms with Gasteiger partial charge in [0, 0.05) is 44.8 Å². The first-order valence-electron chi connectivity index (χ1n) is 12.6. The maximum Gasteiger partial charge on any atom is 0.231 e. The van der Waals surface area contributed by atoms with E-state index in [0.717, 1.165) is 62.0 Å². The normalized spacial score (nSPS) is 18.7. The highest BCUT2D eigenvalue weighted by Crippen LogP contribution is 2.38. The number of Topliss-reactive ketones (excluding diaryl/α,β-unsaturated/α-hetero) is 1. The van der Waals surface area contributed by atoms with Crippen molar-refractivity contribution in [1.82, 2.24) is 14.9 Å². The van der Waals surface area contributed by atoms with Crippen LogP contribution in [-0.4, -0.2) is 53.6 Å². The average Bonchev–Trinajstić information content (AvgIpc) is 3.32. The molecule has 1 N–H and O–H groups in total. The number of hydrogen-bond donors (Lipinski definition) is 1. The van der Waals surface area contributed by atoms with Crippen molar-refractivity contribution in [3.05, 3.63) is 65.4 Å². The van der Waals surface area contributed by atoms with Crippen molar-refractivity contribution in [2.75, 3.05) is 43.2 Å². The van der Waals surface area contributed by atoms with E-state index in [0.29, 0.717) is 30.5 Å². The van der Waals surface area contributed by atoms with Gasteiger partial charge in [0.25, 0.3) is 0 Å². The van der Waals surface area contributed by atoms with Gasteiger partial charge in [0.15, 0.2) is 17.3 Å². The molecule has 186 valence electrons. The molecule has 1 aliphatic carbocycles. The Morgan fingerprint density at radius 1 is 0.944 bits per heavy atom. The number of ether oxygens (including phenoxy) is 2. The van der Waals surface area contributed by atoms with Crippen molar-refractivity contribution >= 4 is 23.2 Å². The van der Waals surface area contributed by atoms with Crippen LogP contribution in [0.2, 0.25) is 0 Å². The van der Waals surface area contributed by atoms with E-state index in [1.807, 2.05) is 36.4 Å². The lowest BCUT2D eigenvalue weighted by Crippen LogP contribution is -2.46. The third-order valence-corrected chi connectivity index (χ3v) is 7.07. The van der Waals surface area contributed by atoms with E-state index >= 15 is 0 Å². The second-order valence-corrected chi connectivity index (χ2v) is 10.6. The lowest BCUT2D eigenvalue weighted by molar-refractivity contribution is 0.0911. The lowest BCUT2D eigenvalue weighted by Gasteiger charge is -2.36. The third-order valence-electron chi connectivity index (χ3n) is 7.07. The van der Waals surface area contributed by atoms with Gasteiger partial charge >= 0.3 is 0 Å². The van der Waals surface area contributed by atoms with Gasteiger partial charge in [-0.25, -0.2) is 4.98 Å². The van der Waals surface area contributed by atoms with Crippen LogP contribution in [-0.2, 0) is 13.0 Å². The van der Waals surface area contributed by atoms with Crippen LogP contribution in [0.4, 0.5) is 17.5 Å². The largest absolute Gasteiger partial charge is 0.454 e. The standard InChI is InChI=1S/C28H31N5O3/c1-28(2)15-21-25(22(34)16-28)26(29-20-6-4-3-5-7-20)31-27(30-21)33-12-10-32(11-13-33)17-19-8-9-23-24(14-19)36-18-35-23/h3-9,14H,10-13,15-18H2,1-2H3,(H,29,30,31). The minimum absolute atomic E-state index is 0.108. The van der Waals surface area contributed by atoms with Gasteiger partial charge in [0.1, 0.15) is 5.82 Å². The Bertz CT molecular complexity index is 1290. The summed E-state index contributed by atoms with van der Waals surface area (Å²) >= 11 is 0. The van der Waals surface area contributed by atoms with Gasteiger partial charge in [-0.1, -0.05) is 38.1 Å². The summed E-state index contributed by atoms with van der Waals surface area (Å²) in [5.41, 5.74) is 3.51. The fourth-order valence-electron chi connectivity index (χ4n) is 5.25. The zero-order valence-electron chi connectivity index (χ0n) is 20.8. The van der Waals surface area contributed by atoms with Gasteiger partial charge in [-0.15, -0.1) is 0 Å². The number of piperazine rings is 1. The average molecular weight is 486 g/mol. The van der Waals surface area contributed by atoms with E-state index in [1.165, 1.54) is 5.56 Å². The van der Waals surface area contributed by atoms with Gasteiger partial charge in [-0.3, -0.25) is 9.69 Å². The molecule has 36 heavy (non-hydrogen) atoms. The zero-order valence-corrected chi connectivity index (χ0v) is 20.8. The monoisotopic (exact) mass is 485 g/mol. The molecule has 8 heteroatoms. The first-order chi connectivity index (χ1) is 17.4. The van der Waals surface area contributed by atoms with Gasteiger partial charge in [-0.2, -0.15) is 4.98 Å². The Kier molecular flexibility index (Phi) is 5.76. The van der Waals surface area contributed by atoms with Gasteiger partial charge < -0.3 is 19.7 Å². The number of nitrogens with zero attached hydrogens (tertiary/aromatic N) is 4. The van der Waals surface area contributed by atoms with Gasteiger partial charge in [0.05, 0.1) is 11.3 Å². The molecule has 2 aliphatic heterocycles. The summed E-state index contributed by atoms with van der Waals surface area (Å²) in [4.78, 5) is 27.6. The van der Waals surface area contributed by atoms with E-state index in [-0.39, 0.29) is 11.2 Å². The molecule has 0 bridgehead atoms. The van der Waals surface area contributed by atoms with Crippen LogP contribution in [0.1, 0.15) is 41.9 Å². The van der Waals surface area contributed by atoms with Crippen molar-refractivity contribution in [2.45, 2.75) is 33.2 Å². The molecule has 3 aromatic rings. The second-order valence-electron chi connectivity index (χ2n) is 10.6. The number of aromatic nitrogens is 2. The molecule has 2 aromatic carbocycles. The predicted octanol–water partition coefficient (Wildman–Crippen LogP) is 4.43. The molecule has 1 fully saturated rings. The Hall–Kier alpha value is -3.65. The molecule has 3 aliphatic rings. The fraction of sp³-hybridized carbons (Fsp3) is 0.393. The molecule has 6 rings (SSSR count). The summed E-state index contributed by atoms with van der Waals surface area (Å²) in [7, 11) is 0. The highest BCUT2D eigenvalue weighted by molar-refractivity contribution is 6.03.